The molecule has 2 aromatic heterocycles. The minimum atomic E-state index is -1.04. The van der Waals surface area contributed by atoms with Gasteiger partial charge in [-0.2, -0.15) is 0 Å². The van der Waals surface area contributed by atoms with Crippen molar-refractivity contribution in [1.82, 2.24) is 19.8 Å². The summed E-state index contributed by atoms with van der Waals surface area (Å²) in [4.78, 5) is 43.9. The highest BCUT2D eigenvalue weighted by molar-refractivity contribution is 6.12. The number of nitrogens with zero attached hydrogens (tertiary/aromatic N) is 3. The molecule has 9 nitrogen and oxygen atoms in total. The van der Waals surface area contributed by atoms with Crippen LogP contribution in [-0.4, -0.2) is 38.8 Å². The third-order valence-electron chi connectivity index (χ3n) is 5.85. The number of hydrogen-bond donors (Lipinski definition) is 2. The van der Waals surface area contributed by atoms with Crippen LogP contribution in [-0.2, 0) is 29.1 Å². The molecule has 5 rings (SSSR count). The van der Waals surface area contributed by atoms with Gasteiger partial charge in [-0.15, -0.1) is 0 Å². The van der Waals surface area contributed by atoms with Crippen molar-refractivity contribution in [2.75, 3.05) is 11.9 Å². The number of imidazole rings is 1. The fraction of sp³-hybridized carbons (Fsp3) is 0.304. The van der Waals surface area contributed by atoms with Crippen molar-refractivity contribution < 1.29 is 18.8 Å². The summed E-state index contributed by atoms with van der Waals surface area (Å²) in [6.07, 6.45) is 6.67. The van der Waals surface area contributed by atoms with Crippen LogP contribution in [0.3, 0.4) is 0 Å². The third-order valence-corrected chi connectivity index (χ3v) is 5.85. The lowest BCUT2D eigenvalue weighted by molar-refractivity contribution is -0.139. The molecule has 1 unspecified atom stereocenters. The number of carbonyl (C=O) groups is 3. The minimum absolute atomic E-state index is 0.0295. The Labute approximate surface area is 184 Å². The van der Waals surface area contributed by atoms with Gasteiger partial charge in [0.05, 0.1) is 24.2 Å². The molecule has 4 heterocycles. The maximum Gasteiger partial charge on any atom is 0.324 e. The number of para-hydroxylation sites is 1. The Morgan fingerprint density at radius 2 is 2.06 bits per heavy atom. The largest absolute Gasteiger partial charge is 0.467 e. The lowest BCUT2D eigenvalue weighted by Gasteiger charge is -2.30. The number of urea groups is 1. The molecule has 1 atom stereocenters. The predicted octanol–water partition coefficient (Wildman–Crippen LogP) is 2.79. The molecule has 3 aromatic rings. The van der Waals surface area contributed by atoms with Gasteiger partial charge in [-0.1, -0.05) is 18.2 Å². The van der Waals surface area contributed by atoms with E-state index in [0.29, 0.717) is 11.4 Å². The number of imide groups is 1. The fourth-order valence-corrected chi connectivity index (χ4v) is 4.15. The highest BCUT2D eigenvalue weighted by atomic mass is 16.3. The smallest absolute Gasteiger partial charge is 0.324 e. The molecule has 1 fully saturated rings. The second kappa shape index (κ2) is 8.33. The quantitative estimate of drug-likeness (QED) is 0.602. The molecule has 32 heavy (non-hydrogen) atoms. The zero-order chi connectivity index (χ0) is 22.1. The van der Waals surface area contributed by atoms with Crippen LogP contribution in [0.1, 0.15) is 24.4 Å². The molecular weight excluding hydrogens is 410 g/mol. The van der Waals surface area contributed by atoms with Gasteiger partial charge in [0.25, 0.3) is 0 Å². The number of furan rings is 1. The number of aryl methyl sites for hydroxylation is 2. The van der Waals surface area contributed by atoms with E-state index >= 15 is 0 Å². The highest BCUT2D eigenvalue weighted by Gasteiger charge is 2.39. The van der Waals surface area contributed by atoms with E-state index in [0.717, 1.165) is 47.8 Å². The van der Waals surface area contributed by atoms with E-state index < -0.39 is 23.8 Å². The van der Waals surface area contributed by atoms with Crippen LogP contribution < -0.4 is 10.6 Å². The van der Waals surface area contributed by atoms with Crippen molar-refractivity contribution in [3.05, 3.63) is 60.4 Å². The Bertz CT molecular complexity index is 1140. The molecule has 1 aromatic carbocycles. The van der Waals surface area contributed by atoms with Crippen LogP contribution >= 0.6 is 0 Å². The van der Waals surface area contributed by atoms with E-state index in [4.69, 9.17) is 9.40 Å². The van der Waals surface area contributed by atoms with Crippen molar-refractivity contribution >= 4 is 23.5 Å². The first-order valence-electron chi connectivity index (χ1n) is 10.7. The maximum atomic E-state index is 13.1. The molecule has 0 saturated carbocycles. The zero-order valence-corrected chi connectivity index (χ0v) is 17.4. The molecule has 2 aliphatic heterocycles. The summed E-state index contributed by atoms with van der Waals surface area (Å²) >= 11 is 0. The van der Waals surface area contributed by atoms with Crippen molar-refractivity contribution in [2.45, 2.75) is 32.4 Å². The van der Waals surface area contributed by atoms with E-state index in [1.54, 1.807) is 18.2 Å². The van der Waals surface area contributed by atoms with Crippen LogP contribution in [0.25, 0.3) is 11.3 Å². The summed E-state index contributed by atoms with van der Waals surface area (Å²) in [6.45, 7) is 0.857. The number of carbonyl (C=O) groups excluding carboxylic acids is 3. The number of anilines is 1. The predicted molar refractivity (Wildman–Crippen MR) is 115 cm³/mol. The van der Waals surface area contributed by atoms with Gasteiger partial charge < -0.3 is 19.6 Å². The first-order valence-corrected chi connectivity index (χ1v) is 10.7. The van der Waals surface area contributed by atoms with E-state index in [9.17, 15) is 14.4 Å². The third kappa shape index (κ3) is 3.77. The average Bonchev–Trinajstić information content (AvgIpc) is 3.46. The highest BCUT2D eigenvalue weighted by Crippen LogP contribution is 2.29. The van der Waals surface area contributed by atoms with Gasteiger partial charge >= 0.3 is 6.03 Å². The number of aromatic nitrogens is 2. The lowest BCUT2D eigenvalue weighted by Crippen LogP contribution is -2.57. The van der Waals surface area contributed by atoms with Gasteiger partial charge in [-0.25, -0.2) is 9.78 Å². The molecule has 164 valence electrons. The van der Waals surface area contributed by atoms with Crippen molar-refractivity contribution in [1.29, 1.82) is 0 Å². The van der Waals surface area contributed by atoms with Gasteiger partial charge in [0, 0.05) is 31.3 Å². The van der Waals surface area contributed by atoms with Gasteiger partial charge in [-0.3, -0.25) is 14.5 Å². The van der Waals surface area contributed by atoms with Gasteiger partial charge in [0.1, 0.15) is 17.5 Å². The number of rotatable bonds is 5. The lowest BCUT2D eigenvalue weighted by atomic mass is 10.0. The van der Waals surface area contributed by atoms with Gasteiger partial charge in [-0.05, 0) is 31.0 Å². The second-order valence-electron chi connectivity index (χ2n) is 7.97. The molecule has 1 saturated heterocycles. The Balaban J connectivity index is 1.35. The molecule has 9 heteroatoms. The summed E-state index contributed by atoms with van der Waals surface area (Å²) in [5, 5.41) is 5.49. The first kappa shape index (κ1) is 20.0. The Kier molecular flexibility index (Phi) is 5.22. The summed E-state index contributed by atoms with van der Waals surface area (Å²) in [5.74, 6) is -0.561. The number of hydrogen-bond acceptors (Lipinski definition) is 5. The van der Waals surface area contributed by atoms with Crippen LogP contribution in [0, 0.1) is 5.92 Å². The van der Waals surface area contributed by atoms with Crippen LogP contribution in [0.15, 0.2) is 53.3 Å². The minimum Gasteiger partial charge on any atom is -0.467 e. The van der Waals surface area contributed by atoms with Crippen LogP contribution in [0.4, 0.5) is 10.5 Å². The SMILES string of the molecule is O=C(Nc1ccccc1-c1cn2c(n1)CCCC2)C1CNC(=O)N(Cc2ccco2)C1=O. The summed E-state index contributed by atoms with van der Waals surface area (Å²) in [6, 6.07) is 10.2. The molecular formula is C23H23N5O4. The molecule has 2 N–H and O–H groups in total. The summed E-state index contributed by atoms with van der Waals surface area (Å²) in [5.41, 5.74) is 2.17. The van der Waals surface area contributed by atoms with Gasteiger partial charge in [0.15, 0.2) is 0 Å². The first-order chi connectivity index (χ1) is 15.6. The monoisotopic (exact) mass is 433 g/mol. The molecule has 0 aliphatic carbocycles. The average molecular weight is 433 g/mol. The van der Waals surface area contributed by atoms with E-state index in [2.05, 4.69) is 15.2 Å². The summed E-state index contributed by atoms with van der Waals surface area (Å²) < 4.78 is 7.40. The van der Waals surface area contributed by atoms with Crippen LogP contribution in [0.5, 0.6) is 0 Å². The number of nitrogens with one attached hydrogen (secondary N) is 2. The Hall–Kier alpha value is -3.88. The number of benzene rings is 1. The molecule has 0 bridgehead atoms. The molecule has 0 spiro atoms. The van der Waals surface area contributed by atoms with Crippen molar-refractivity contribution in [2.24, 2.45) is 5.92 Å². The van der Waals surface area contributed by atoms with E-state index in [1.807, 2.05) is 24.4 Å². The normalized spacial score (nSPS) is 18.2. The van der Waals surface area contributed by atoms with Gasteiger partial charge in [0.2, 0.25) is 11.8 Å². The molecule has 2 aliphatic rings. The number of amides is 4. The van der Waals surface area contributed by atoms with E-state index in [-0.39, 0.29) is 13.1 Å². The second-order valence-corrected chi connectivity index (χ2v) is 7.97. The standard InChI is InChI=1S/C23H23N5O4/c29-21(17-12-24-23(31)28(22(17)30)13-15-6-5-11-32-15)26-18-8-2-1-7-16(18)19-14-27-10-4-3-9-20(27)25-19/h1-2,5-8,11,14,17H,3-4,9-10,12-13H2,(H,24,31)(H,26,29). The zero-order valence-electron chi connectivity index (χ0n) is 17.4. The molecule has 4 amide bonds. The number of fused-ring (bicyclic) bond motifs is 1. The van der Waals surface area contributed by atoms with Crippen molar-refractivity contribution in [3.63, 3.8) is 0 Å². The Morgan fingerprint density at radius 3 is 2.88 bits per heavy atom. The Morgan fingerprint density at radius 1 is 1.19 bits per heavy atom. The van der Waals surface area contributed by atoms with Crippen molar-refractivity contribution in [3.8, 4) is 11.3 Å². The van der Waals surface area contributed by atoms with Crippen LogP contribution in [0.2, 0.25) is 0 Å². The van der Waals surface area contributed by atoms with E-state index in [1.165, 1.54) is 6.26 Å². The molecule has 0 radical (unpaired) electrons. The summed E-state index contributed by atoms with van der Waals surface area (Å²) in [7, 11) is 0. The fourth-order valence-electron chi connectivity index (χ4n) is 4.15. The topological polar surface area (TPSA) is 109 Å². The maximum absolute atomic E-state index is 13.1.